The molecule has 0 bridgehead atoms. The van der Waals surface area contributed by atoms with Crippen LogP contribution in [0.1, 0.15) is 17.7 Å². The lowest BCUT2D eigenvalue weighted by molar-refractivity contribution is -0.121. The third kappa shape index (κ3) is 6.22. The molecule has 0 saturated heterocycles. The van der Waals surface area contributed by atoms with Gasteiger partial charge in [-0.3, -0.25) is 4.79 Å². The molecule has 0 unspecified atom stereocenters. The first kappa shape index (κ1) is 21.2. The summed E-state index contributed by atoms with van der Waals surface area (Å²) in [6, 6.07) is 4.74. The monoisotopic (exact) mass is 425 g/mol. The van der Waals surface area contributed by atoms with Crippen LogP contribution in [0.2, 0.25) is 5.22 Å². The summed E-state index contributed by atoms with van der Waals surface area (Å²) < 4.78 is 66.2. The number of anilines is 1. The van der Waals surface area contributed by atoms with E-state index in [-0.39, 0.29) is 22.4 Å². The molecule has 1 aromatic heterocycles. The Bertz CT molecular complexity index is 892. The molecule has 0 saturated carbocycles. The molecule has 12 heteroatoms. The first-order valence-electron chi connectivity index (χ1n) is 7.55. The molecular formula is C15H15ClF3N3O4S. The van der Waals surface area contributed by atoms with E-state index in [1.807, 2.05) is 0 Å². The minimum absolute atomic E-state index is 0.0783. The van der Waals surface area contributed by atoms with Crippen molar-refractivity contribution in [2.24, 2.45) is 0 Å². The fourth-order valence-electron chi connectivity index (χ4n) is 2.08. The van der Waals surface area contributed by atoms with Crippen LogP contribution >= 0.6 is 11.6 Å². The van der Waals surface area contributed by atoms with Crippen molar-refractivity contribution in [2.75, 3.05) is 11.9 Å². The molecule has 0 spiro atoms. The molecule has 1 aromatic carbocycles. The summed E-state index contributed by atoms with van der Waals surface area (Å²) in [6.45, 7) is 0.0211. The first-order chi connectivity index (χ1) is 12.5. The van der Waals surface area contributed by atoms with E-state index in [9.17, 15) is 26.4 Å². The van der Waals surface area contributed by atoms with Crippen LogP contribution in [0.5, 0.6) is 0 Å². The summed E-state index contributed by atoms with van der Waals surface area (Å²) in [5, 5.41) is 6.33. The van der Waals surface area contributed by atoms with Gasteiger partial charge in [-0.05, 0) is 49.2 Å². The number of nitrogens with one attached hydrogen (secondary N) is 2. The molecule has 7 nitrogen and oxygen atoms in total. The van der Waals surface area contributed by atoms with E-state index in [0.29, 0.717) is 23.4 Å². The van der Waals surface area contributed by atoms with E-state index in [4.69, 9.17) is 16.1 Å². The minimum Gasteiger partial charge on any atom is -0.344 e. The van der Waals surface area contributed by atoms with Crippen LogP contribution in [0.3, 0.4) is 0 Å². The Morgan fingerprint density at radius 3 is 2.41 bits per heavy atom. The van der Waals surface area contributed by atoms with E-state index >= 15 is 0 Å². The molecule has 148 valence electrons. The number of rotatable bonds is 7. The normalized spacial score (nSPS) is 12.2. The zero-order valence-corrected chi connectivity index (χ0v) is 15.5. The van der Waals surface area contributed by atoms with Gasteiger partial charge in [0.05, 0.1) is 10.6 Å². The number of alkyl halides is 3. The first-order valence-corrected chi connectivity index (χ1v) is 9.41. The van der Waals surface area contributed by atoms with Crippen LogP contribution in [0.15, 0.2) is 33.7 Å². The highest BCUT2D eigenvalue weighted by atomic mass is 35.5. The number of sulfonamides is 1. The average molecular weight is 426 g/mol. The molecule has 2 aromatic rings. The maximum Gasteiger partial charge on any atom is 0.402 e. The number of nitrogens with zero attached hydrogens (tertiary/aromatic N) is 1. The number of benzene rings is 1. The smallest absolute Gasteiger partial charge is 0.344 e. The molecule has 1 heterocycles. The van der Waals surface area contributed by atoms with Gasteiger partial charge in [-0.25, -0.2) is 13.1 Å². The molecule has 0 radical (unpaired) electrons. The maximum atomic E-state index is 12.1. The van der Waals surface area contributed by atoms with Gasteiger partial charge < -0.3 is 9.84 Å². The second kappa shape index (κ2) is 8.28. The lowest BCUT2D eigenvalue weighted by Gasteiger charge is -2.10. The van der Waals surface area contributed by atoms with Crippen LogP contribution in [0.25, 0.3) is 0 Å². The number of hydrogen-bond donors (Lipinski definition) is 2. The average Bonchev–Trinajstić information content (AvgIpc) is 2.89. The number of carbonyl (C=O) groups excluding carboxylic acids is 1. The van der Waals surface area contributed by atoms with Gasteiger partial charge in [-0.15, -0.1) is 0 Å². The van der Waals surface area contributed by atoms with Gasteiger partial charge in [0.2, 0.25) is 21.1 Å². The van der Waals surface area contributed by atoms with E-state index in [1.54, 1.807) is 6.92 Å². The molecule has 0 aliphatic rings. The standard InChI is InChI=1S/C15H15ClF3N3O4S/c1-9-12(14(16)26-22-9)6-7-13(23)21-10-2-4-11(5-3-10)27(24,25)20-8-15(17,18)19/h2-5,20H,6-8H2,1H3,(H,21,23). The van der Waals surface area contributed by atoms with Gasteiger partial charge in [-0.2, -0.15) is 13.2 Å². The number of amides is 1. The van der Waals surface area contributed by atoms with Crippen LogP contribution in [0.4, 0.5) is 18.9 Å². The van der Waals surface area contributed by atoms with Crippen molar-refractivity contribution >= 4 is 33.2 Å². The third-order valence-corrected chi connectivity index (χ3v) is 5.16. The Morgan fingerprint density at radius 2 is 1.89 bits per heavy atom. The summed E-state index contributed by atoms with van der Waals surface area (Å²) in [5.74, 6) is -0.363. The molecule has 1 amide bonds. The molecule has 2 rings (SSSR count). The zero-order valence-electron chi connectivity index (χ0n) is 13.9. The van der Waals surface area contributed by atoms with Crippen molar-refractivity contribution in [3.63, 3.8) is 0 Å². The highest BCUT2D eigenvalue weighted by molar-refractivity contribution is 7.89. The Kier molecular flexibility index (Phi) is 6.50. The van der Waals surface area contributed by atoms with Crippen molar-refractivity contribution in [3.8, 4) is 0 Å². The highest BCUT2D eigenvalue weighted by Gasteiger charge is 2.30. The van der Waals surface area contributed by atoms with Crippen molar-refractivity contribution in [2.45, 2.75) is 30.8 Å². The largest absolute Gasteiger partial charge is 0.402 e. The van der Waals surface area contributed by atoms with Gasteiger partial charge in [0.25, 0.3) is 0 Å². The van der Waals surface area contributed by atoms with E-state index in [0.717, 1.165) is 12.1 Å². The van der Waals surface area contributed by atoms with Crippen molar-refractivity contribution in [1.82, 2.24) is 9.88 Å². The summed E-state index contributed by atoms with van der Waals surface area (Å²) in [5.41, 5.74) is 1.49. The zero-order chi connectivity index (χ0) is 20.2. The van der Waals surface area contributed by atoms with E-state index in [1.165, 1.54) is 16.9 Å². The van der Waals surface area contributed by atoms with Gasteiger partial charge in [-0.1, -0.05) is 5.16 Å². The maximum absolute atomic E-state index is 12.1. The second-order valence-corrected chi connectivity index (χ2v) is 7.64. The van der Waals surface area contributed by atoms with Crippen molar-refractivity contribution in [1.29, 1.82) is 0 Å². The van der Waals surface area contributed by atoms with E-state index < -0.39 is 22.7 Å². The molecular weight excluding hydrogens is 411 g/mol. The van der Waals surface area contributed by atoms with Crippen LogP contribution in [-0.2, 0) is 21.2 Å². The van der Waals surface area contributed by atoms with Gasteiger partial charge >= 0.3 is 6.18 Å². The summed E-state index contributed by atoms with van der Waals surface area (Å²) in [6.07, 6.45) is -4.28. The fourth-order valence-corrected chi connectivity index (χ4v) is 3.36. The van der Waals surface area contributed by atoms with Crippen molar-refractivity contribution in [3.05, 3.63) is 40.7 Å². The highest BCUT2D eigenvalue weighted by Crippen LogP contribution is 2.21. The lowest BCUT2D eigenvalue weighted by Crippen LogP contribution is -2.33. The van der Waals surface area contributed by atoms with Crippen LogP contribution in [0, 0.1) is 6.92 Å². The van der Waals surface area contributed by atoms with Crippen LogP contribution < -0.4 is 10.0 Å². The fraction of sp³-hybridized carbons (Fsp3) is 0.333. The number of aryl methyl sites for hydroxylation is 1. The van der Waals surface area contributed by atoms with E-state index in [2.05, 4.69) is 10.5 Å². The van der Waals surface area contributed by atoms with Crippen molar-refractivity contribution < 1.29 is 30.9 Å². The SMILES string of the molecule is Cc1noc(Cl)c1CCC(=O)Nc1ccc(S(=O)(=O)NCC(F)(F)F)cc1. The molecule has 0 aliphatic heterocycles. The predicted molar refractivity (Wildman–Crippen MR) is 90.9 cm³/mol. The van der Waals surface area contributed by atoms with Gasteiger partial charge in [0.15, 0.2) is 0 Å². The number of halogens is 4. The minimum atomic E-state index is -4.66. The second-order valence-electron chi connectivity index (χ2n) is 5.53. The molecule has 0 fully saturated rings. The Balaban J connectivity index is 1.94. The quantitative estimate of drug-likeness (QED) is 0.710. The summed E-state index contributed by atoms with van der Waals surface area (Å²) in [7, 11) is -4.30. The molecule has 0 aliphatic carbocycles. The summed E-state index contributed by atoms with van der Waals surface area (Å²) >= 11 is 5.81. The molecule has 27 heavy (non-hydrogen) atoms. The number of aromatic nitrogens is 1. The number of carbonyl (C=O) groups is 1. The summed E-state index contributed by atoms with van der Waals surface area (Å²) in [4.78, 5) is 11.6. The van der Waals surface area contributed by atoms with Gasteiger partial charge in [0.1, 0.15) is 6.54 Å². The van der Waals surface area contributed by atoms with Gasteiger partial charge in [0, 0.05) is 17.7 Å². The van der Waals surface area contributed by atoms with Crippen LogP contribution in [-0.4, -0.2) is 32.2 Å². The number of hydrogen-bond acceptors (Lipinski definition) is 5. The Morgan fingerprint density at radius 1 is 1.26 bits per heavy atom. The lowest BCUT2D eigenvalue weighted by atomic mass is 10.1. The molecule has 0 atom stereocenters. The molecule has 2 N–H and O–H groups in total. The predicted octanol–water partition coefficient (Wildman–Crippen LogP) is 3.05. The topological polar surface area (TPSA) is 101 Å². The Labute approximate surface area is 157 Å². The Hall–Kier alpha value is -2.11. The third-order valence-electron chi connectivity index (χ3n) is 3.45.